The summed E-state index contributed by atoms with van der Waals surface area (Å²) in [6, 6.07) is 21.5. The minimum Gasteiger partial charge on any atom is -0.495 e. The Hall–Kier alpha value is -3.56. The van der Waals surface area contributed by atoms with Gasteiger partial charge in [0.05, 0.1) is 17.7 Å². The zero-order valence-corrected chi connectivity index (χ0v) is 25.6. The summed E-state index contributed by atoms with van der Waals surface area (Å²) >= 11 is 6.30. The van der Waals surface area contributed by atoms with Crippen molar-refractivity contribution in [2.75, 3.05) is 24.5 Å². The van der Waals surface area contributed by atoms with Gasteiger partial charge in [0.25, 0.3) is 10.0 Å². The molecule has 1 aliphatic carbocycles. The molecular weight excluding hydrogens is 574 g/mol. The van der Waals surface area contributed by atoms with Crippen molar-refractivity contribution in [3.05, 3.63) is 89.4 Å². The minimum absolute atomic E-state index is 0.0154. The summed E-state index contributed by atoms with van der Waals surface area (Å²) in [6.45, 7) is 1.56. The number of methoxy groups -OCH3 is 1. The van der Waals surface area contributed by atoms with E-state index in [2.05, 4.69) is 5.32 Å². The SMILES string of the molecule is CCC(C(=O)NC1CCCC1)N(CCc1ccccc1)C(=O)CN(c1cc(Cl)ccc1OC)S(=O)(=O)c1ccccc1. The number of nitrogens with one attached hydrogen (secondary N) is 1. The van der Waals surface area contributed by atoms with E-state index < -0.39 is 28.5 Å². The molecule has 1 atom stereocenters. The highest BCUT2D eigenvalue weighted by Crippen LogP contribution is 2.35. The Kier molecular flexibility index (Phi) is 10.9. The molecule has 0 spiro atoms. The van der Waals surface area contributed by atoms with Crippen molar-refractivity contribution in [2.45, 2.75) is 62.4 Å². The van der Waals surface area contributed by atoms with Crippen molar-refractivity contribution in [1.29, 1.82) is 0 Å². The first kappa shape index (κ1) is 31.4. The highest BCUT2D eigenvalue weighted by atomic mass is 35.5. The third-order valence-corrected chi connectivity index (χ3v) is 9.60. The highest BCUT2D eigenvalue weighted by molar-refractivity contribution is 7.92. The molecule has 42 heavy (non-hydrogen) atoms. The van der Waals surface area contributed by atoms with E-state index in [9.17, 15) is 18.0 Å². The Morgan fingerprint density at radius 1 is 1.00 bits per heavy atom. The van der Waals surface area contributed by atoms with Gasteiger partial charge in [-0.15, -0.1) is 0 Å². The number of carbonyl (C=O) groups excluding carboxylic acids is 2. The molecule has 1 aliphatic rings. The fourth-order valence-electron chi connectivity index (χ4n) is 5.35. The lowest BCUT2D eigenvalue weighted by Crippen LogP contribution is -2.54. The molecule has 0 saturated heterocycles. The van der Waals surface area contributed by atoms with Gasteiger partial charge < -0.3 is 15.0 Å². The topological polar surface area (TPSA) is 96.0 Å². The van der Waals surface area contributed by atoms with Gasteiger partial charge in [-0.3, -0.25) is 13.9 Å². The van der Waals surface area contributed by atoms with Gasteiger partial charge in [0.1, 0.15) is 18.3 Å². The Morgan fingerprint density at radius 3 is 2.26 bits per heavy atom. The number of sulfonamides is 1. The van der Waals surface area contributed by atoms with Crippen LogP contribution in [0.5, 0.6) is 5.75 Å². The Labute approximate surface area is 253 Å². The van der Waals surface area contributed by atoms with Crippen molar-refractivity contribution in [1.82, 2.24) is 10.2 Å². The van der Waals surface area contributed by atoms with Crippen LogP contribution in [-0.2, 0) is 26.0 Å². The maximum absolute atomic E-state index is 14.2. The first-order valence-corrected chi connectivity index (χ1v) is 16.1. The fourth-order valence-corrected chi connectivity index (χ4v) is 6.96. The summed E-state index contributed by atoms with van der Waals surface area (Å²) in [7, 11) is -2.80. The predicted molar refractivity (Wildman–Crippen MR) is 165 cm³/mol. The van der Waals surface area contributed by atoms with Crippen LogP contribution in [0.15, 0.2) is 83.8 Å². The summed E-state index contributed by atoms with van der Waals surface area (Å²) in [5, 5.41) is 3.41. The van der Waals surface area contributed by atoms with Crippen molar-refractivity contribution in [3.8, 4) is 5.75 Å². The normalized spacial score (nSPS) is 14.3. The van der Waals surface area contributed by atoms with Gasteiger partial charge in [0.2, 0.25) is 11.8 Å². The molecule has 1 unspecified atom stereocenters. The van der Waals surface area contributed by atoms with Gasteiger partial charge in [-0.05, 0) is 61.6 Å². The molecule has 0 aliphatic heterocycles. The third kappa shape index (κ3) is 7.63. The number of nitrogens with zero attached hydrogens (tertiary/aromatic N) is 2. The van der Waals surface area contributed by atoms with Crippen LogP contribution >= 0.6 is 11.6 Å². The monoisotopic (exact) mass is 611 g/mol. The van der Waals surface area contributed by atoms with Crippen LogP contribution in [0.2, 0.25) is 5.02 Å². The molecule has 10 heteroatoms. The molecule has 1 saturated carbocycles. The lowest BCUT2D eigenvalue weighted by atomic mass is 10.1. The van der Waals surface area contributed by atoms with Crippen LogP contribution in [0, 0.1) is 0 Å². The van der Waals surface area contributed by atoms with Gasteiger partial charge >= 0.3 is 0 Å². The smallest absolute Gasteiger partial charge is 0.264 e. The first-order valence-electron chi connectivity index (χ1n) is 14.3. The molecule has 1 fully saturated rings. The lowest BCUT2D eigenvalue weighted by Gasteiger charge is -2.34. The van der Waals surface area contributed by atoms with Crippen molar-refractivity contribution in [3.63, 3.8) is 0 Å². The van der Waals surface area contributed by atoms with Crippen LogP contribution in [-0.4, -0.2) is 57.4 Å². The van der Waals surface area contributed by atoms with Gasteiger partial charge in [-0.25, -0.2) is 8.42 Å². The fraction of sp³-hybridized carbons (Fsp3) is 0.375. The van der Waals surface area contributed by atoms with Crippen LogP contribution in [0.3, 0.4) is 0 Å². The number of rotatable bonds is 13. The molecule has 0 heterocycles. The van der Waals surface area contributed by atoms with Gasteiger partial charge in [-0.1, -0.05) is 79.9 Å². The summed E-state index contributed by atoms with van der Waals surface area (Å²) in [6.07, 6.45) is 4.84. The van der Waals surface area contributed by atoms with Gasteiger partial charge in [0.15, 0.2) is 0 Å². The Morgan fingerprint density at radius 2 is 1.64 bits per heavy atom. The number of ether oxygens (including phenoxy) is 1. The molecule has 3 aromatic rings. The van der Waals surface area contributed by atoms with Crippen LogP contribution in [0.25, 0.3) is 0 Å². The van der Waals surface area contributed by atoms with E-state index in [0.29, 0.717) is 12.8 Å². The second kappa shape index (κ2) is 14.6. The maximum Gasteiger partial charge on any atom is 0.264 e. The molecule has 0 aromatic heterocycles. The summed E-state index contributed by atoms with van der Waals surface area (Å²) in [5.74, 6) is -0.474. The van der Waals surface area contributed by atoms with Crippen LogP contribution in [0.4, 0.5) is 5.69 Å². The molecule has 0 radical (unpaired) electrons. The number of hydrogen-bond acceptors (Lipinski definition) is 5. The Bertz CT molecular complexity index is 1450. The second-order valence-corrected chi connectivity index (χ2v) is 12.7. The minimum atomic E-state index is -4.22. The van der Waals surface area contributed by atoms with E-state index in [1.54, 1.807) is 30.3 Å². The number of halogens is 1. The van der Waals surface area contributed by atoms with Gasteiger partial charge in [0, 0.05) is 17.6 Å². The van der Waals surface area contributed by atoms with Crippen LogP contribution < -0.4 is 14.4 Å². The molecule has 3 aromatic carbocycles. The average molecular weight is 612 g/mol. The largest absolute Gasteiger partial charge is 0.495 e. The number of amides is 2. The third-order valence-electron chi connectivity index (χ3n) is 7.59. The molecule has 224 valence electrons. The van der Waals surface area contributed by atoms with E-state index in [4.69, 9.17) is 16.3 Å². The first-order chi connectivity index (χ1) is 20.2. The number of benzene rings is 3. The summed E-state index contributed by atoms with van der Waals surface area (Å²) in [4.78, 5) is 29.3. The number of anilines is 1. The number of carbonyl (C=O) groups is 2. The van der Waals surface area contributed by atoms with Crippen LogP contribution in [0.1, 0.15) is 44.6 Å². The molecule has 8 nitrogen and oxygen atoms in total. The average Bonchev–Trinajstić information content (AvgIpc) is 3.51. The zero-order chi connectivity index (χ0) is 30.1. The molecule has 1 N–H and O–H groups in total. The van der Waals surface area contributed by atoms with E-state index in [1.165, 1.54) is 30.2 Å². The van der Waals surface area contributed by atoms with Crippen molar-refractivity contribution < 1.29 is 22.7 Å². The zero-order valence-electron chi connectivity index (χ0n) is 24.0. The van der Waals surface area contributed by atoms with Crippen molar-refractivity contribution in [2.24, 2.45) is 0 Å². The van der Waals surface area contributed by atoms with E-state index in [-0.39, 0.29) is 39.8 Å². The predicted octanol–water partition coefficient (Wildman–Crippen LogP) is 5.45. The molecule has 2 amide bonds. The van der Waals surface area contributed by atoms with E-state index in [0.717, 1.165) is 35.6 Å². The molecule has 0 bridgehead atoms. The number of hydrogen-bond donors (Lipinski definition) is 1. The van der Waals surface area contributed by atoms with Gasteiger partial charge in [-0.2, -0.15) is 0 Å². The summed E-state index contributed by atoms with van der Waals surface area (Å²) in [5.41, 5.74) is 1.14. The Balaban J connectivity index is 1.71. The van der Waals surface area contributed by atoms with Crippen molar-refractivity contribution >= 4 is 39.1 Å². The molecular formula is C32H38ClN3O5S. The maximum atomic E-state index is 14.2. The quantitative estimate of drug-likeness (QED) is 0.277. The summed E-state index contributed by atoms with van der Waals surface area (Å²) < 4.78 is 34.6. The lowest BCUT2D eigenvalue weighted by molar-refractivity contribution is -0.139. The molecule has 4 rings (SSSR count). The highest BCUT2D eigenvalue weighted by Gasteiger charge is 2.35. The standard InChI is InChI=1S/C32H38ClN3O5S/c1-3-28(32(38)34-26-14-10-11-15-26)35(21-20-24-12-6-4-7-13-24)31(37)23-36(29-22-25(33)18-19-30(29)41-2)42(39,40)27-16-8-5-9-17-27/h4-9,12-13,16-19,22,26,28H,3,10-11,14-15,20-21,23H2,1-2H3,(H,34,38). The second-order valence-electron chi connectivity index (χ2n) is 10.4. The van der Waals surface area contributed by atoms with E-state index in [1.807, 2.05) is 37.3 Å². The van der Waals surface area contributed by atoms with E-state index >= 15 is 0 Å².